The Hall–Kier alpha value is -2.38. The molecular weight excluding hydrogens is 408 g/mol. The Morgan fingerprint density at radius 3 is 2.39 bits per heavy atom. The van der Waals surface area contributed by atoms with Gasteiger partial charge in [-0.3, -0.25) is 14.5 Å². The summed E-state index contributed by atoms with van der Waals surface area (Å²) < 4.78 is 0. The Labute approximate surface area is 189 Å². The SMILES string of the molecule is CC(C)[C@@H](NC(=O)c1cccs1)C(=O)NCCCCN1CCN(c2ccccc2)CC1. The minimum absolute atomic E-state index is 0.0322. The molecule has 1 aromatic heterocycles. The number of thiophene rings is 1. The number of carbonyl (C=O) groups excluding carboxylic acids is 2. The molecule has 1 fully saturated rings. The van der Waals surface area contributed by atoms with E-state index in [9.17, 15) is 9.59 Å². The number of hydrogen-bond donors (Lipinski definition) is 2. The first-order valence-electron chi connectivity index (χ1n) is 11.2. The summed E-state index contributed by atoms with van der Waals surface area (Å²) in [5.74, 6) is -0.250. The zero-order valence-corrected chi connectivity index (χ0v) is 19.4. The highest BCUT2D eigenvalue weighted by Crippen LogP contribution is 2.15. The Bertz CT molecular complexity index is 802. The molecule has 2 amide bonds. The van der Waals surface area contributed by atoms with Crippen LogP contribution < -0.4 is 15.5 Å². The third-order valence-electron chi connectivity index (χ3n) is 5.67. The minimum atomic E-state index is -0.513. The molecule has 0 spiro atoms. The number of nitrogens with zero attached hydrogens (tertiary/aromatic N) is 2. The largest absolute Gasteiger partial charge is 0.369 e. The third-order valence-corrected chi connectivity index (χ3v) is 6.54. The van der Waals surface area contributed by atoms with Gasteiger partial charge >= 0.3 is 0 Å². The summed E-state index contributed by atoms with van der Waals surface area (Å²) in [7, 11) is 0. The lowest BCUT2D eigenvalue weighted by atomic mass is 10.0. The van der Waals surface area contributed by atoms with E-state index in [-0.39, 0.29) is 17.7 Å². The molecule has 1 atom stereocenters. The molecule has 31 heavy (non-hydrogen) atoms. The summed E-state index contributed by atoms with van der Waals surface area (Å²) in [6, 6.07) is 13.7. The van der Waals surface area contributed by atoms with Crippen molar-refractivity contribution in [2.75, 3.05) is 44.2 Å². The van der Waals surface area contributed by atoms with Crippen molar-refractivity contribution < 1.29 is 9.59 Å². The van der Waals surface area contributed by atoms with E-state index in [1.807, 2.05) is 25.3 Å². The molecule has 2 heterocycles. The number of para-hydroxylation sites is 1. The van der Waals surface area contributed by atoms with Crippen LogP contribution >= 0.6 is 11.3 Å². The number of hydrogen-bond acceptors (Lipinski definition) is 5. The predicted octanol–water partition coefficient (Wildman–Crippen LogP) is 3.22. The average Bonchev–Trinajstić information content (AvgIpc) is 3.33. The molecule has 2 aromatic rings. The zero-order valence-electron chi connectivity index (χ0n) is 18.5. The summed E-state index contributed by atoms with van der Waals surface area (Å²) in [4.78, 5) is 30.5. The van der Waals surface area contributed by atoms with Crippen molar-refractivity contribution in [3.8, 4) is 0 Å². The average molecular weight is 443 g/mol. The Morgan fingerprint density at radius 1 is 1.00 bits per heavy atom. The maximum absolute atomic E-state index is 12.6. The van der Waals surface area contributed by atoms with E-state index in [1.54, 1.807) is 6.07 Å². The van der Waals surface area contributed by atoms with Crippen LogP contribution in [-0.2, 0) is 4.79 Å². The fraction of sp³-hybridized carbons (Fsp3) is 0.500. The summed E-state index contributed by atoms with van der Waals surface area (Å²) in [5, 5.41) is 7.74. The molecule has 0 saturated carbocycles. The molecule has 0 aliphatic carbocycles. The number of rotatable bonds is 10. The molecule has 1 saturated heterocycles. The van der Waals surface area contributed by atoms with E-state index < -0.39 is 6.04 Å². The lowest BCUT2D eigenvalue weighted by Gasteiger charge is -2.36. The lowest BCUT2D eigenvalue weighted by molar-refractivity contribution is -0.123. The number of carbonyl (C=O) groups is 2. The highest BCUT2D eigenvalue weighted by Gasteiger charge is 2.24. The Kier molecular flexibility index (Phi) is 8.91. The molecule has 7 heteroatoms. The summed E-state index contributed by atoms with van der Waals surface area (Å²) in [6.45, 7) is 9.86. The van der Waals surface area contributed by atoms with Crippen LogP contribution in [-0.4, -0.2) is 62.0 Å². The molecule has 1 aromatic carbocycles. The van der Waals surface area contributed by atoms with Crippen LogP contribution in [0.15, 0.2) is 47.8 Å². The Morgan fingerprint density at radius 2 is 1.74 bits per heavy atom. The monoisotopic (exact) mass is 442 g/mol. The number of nitrogens with one attached hydrogen (secondary N) is 2. The fourth-order valence-corrected chi connectivity index (χ4v) is 4.43. The first-order chi connectivity index (χ1) is 15.0. The van der Waals surface area contributed by atoms with Gasteiger partial charge in [-0.2, -0.15) is 0 Å². The van der Waals surface area contributed by atoms with E-state index >= 15 is 0 Å². The molecular formula is C24H34N4O2S. The van der Waals surface area contributed by atoms with Crippen LogP contribution in [0.25, 0.3) is 0 Å². The van der Waals surface area contributed by atoms with E-state index in [0.717, 1.165) is 45.6 Å². The van der Waals surface area contributed by atoms with E-state index in [1.165, 1.54) is 17.0 Å². The first-order valence-corrected chi connectivity index (χ1v) is 12.1. The van der Waals surface area contributed by atoms with E-state index in [2.05, 4.69) is 50.8 Å². The van der Waals surface area contributed by atoms with Crippen molar-refractivity contribution >= 4 is 28.8 Å². The van der Waals surface area contributed by atoms with Gasteiger partial charge in [0.1, 0.15) is 6.04 Å². The van der Waals surface area contributed by atoms with Gasteiger partial charge in [-0.1, -0.05) is 38.1 Å². The maximum atomic E-state index is 12.6. The first kappa shape index (κ1) is 23.3. The predicted molar refractivity (Wildman–Crippen MR) is 128 cm³/mol. The number of anilines is 1. The topological polar surface area (TPSA) is 64.7 Å². The van der Waals surface area contributed by atoms with Gasteiger partial charge in [0, 0.05) is 38.4 Å². The molecule has 1 aliphatic heterocycles. The van der Waals surface area contributed by atoms with Gasteiger partial charge in [-0.05, 0) is 48.9 Å². The van der Waals surface area contributed by atoms with E-state index in [4.69, 9.17) is 0 Å². The standard InChI is InChI=1S/C24H34N4O2S/c1-19(2)22(26-23(29)21-11-8-18-31-21)24(30)25-12-6-7-13-27-14-16-28(17-15-27)20-9-4-3-5-10-20/h3-5,8-11,18-19,22H,6-7,12-17H2,1-2H3,(H,25,30)(H,26,29)/t22-/m1/s1. The van der Waals surface area contributed by atoms with Crippen LogP contribution in [0, 0.1) is 5.92 Å². The molecule has 168 valence electrons. The van der Waals surface area contributed by atoms with Crippen molar-refractivity contribution in [3.63, 3.8) is 0 Å². The quantitative estimate of drug-likeness (QED) is 0.555. The van der Waals surface area contributed by atoms with Crippen LogP contribution in [0.1, 0.15) is 36.4 Å². The van der Waals surface area contributed by atoms with Crippen LogP contribution in [0.2, 0.25) is 0 Å². The van der Waals surface area contributed by atoms with Gasteiger partial charge in [0.25, 0.3) is 5.91 Å². The minimum Gasteiger partial charge on any atom is -0.369 e. The molecule has 0 unspecified atom stereocenters. The zero-order chi connectivity index (χ0) is 22.1. The van der Waals surface area contributed by atoms with Crippen molar-refractivity contribution in [2.24, 2.45) is 5.92 Å². The lowest BCUT2D eigenvalue weighted by Crippen LogP contribution is -2.49. The van der Waals surface area contributed by atoms with Gasteiger partial charge in [-0.25, -0.2) is 0 Å². The van der Waals surface area contributed by atoms with Crippen molar-refractivity contribution in [1.29, 1.82) is 0 Å². The number of benzene rings is 1. The van der Waals surface area contributed by atoms with Crippen LogP contribution in [0.3, 0.4) is 0 Å². The highest BCUT2D eigenvalue weighted by molar-refractivity contribution is 7.12. The van der Waals surface area contributed by atoms with Crippen molar-refractivity contribution in [2.45, 2.75) is 32.7 Å². The van der Waals surface area contributed by atoms with Gasteiger partial charge < -0.3 is 15.5 Å². The van der Waals surface area contributed by atoms with Crippen LogP contribution in [0.5, 0.6) is 0 Å². The Balaban J connectivity index is 1.31. The number of amides is 2. The smallest absolute Gasteiger partial charge is 0.262 e. The van der Waals surface area contributed by atoms with Crippen molar-refractivity contribution in [1.82, 2.24) is 15.5 Å². The van der Waals surface area contributed by atoms with Crippen molar-refractivity contribution in [3.05, 3.63) is 52.7 Å². The van der Waals surface area contributed by atoms with Gasteiger partial charge in [0.15, 0.2) is 0 Å². The summed E-state index contributed by atoms with van der Waals surface area (Å²) >= 11 is 1.38. The molecule has 1 aliphatic rings. The summed E-state index contributed by atoms with van der Waals surface area (Å²) in [6.07, 6.45) is 1.99. The highest BCUT2D eigenvalue weighted by atomic mass is 32.1. The van der Waals surface area contributed by atoms with Gasteiger partial charge in [0.2, 0.25) is 5.91 Å². The van der Waals surface area contributed by atoms with E-state index in [0.29, 0.717) is 11.4 Å². The second-order valence-corrected chi connectivity index (χ2v) is 9.28. The van der Waals surface area contributed by atoms with Gasteiger partial charge in [0.05, 0.1) is 4.88 Å². The number of piperazine rings is 1. The second-order valence-electron chi connectivity index (χ2n) is 8.33. The second kappa shape index (κ2) is 11.9. The van der Waals surface area contributed by atoms with Crippen LogP contribution in [0.4, 0.5) is 5.69 Å². The molecule has 6 nitrogen and oxygen atoms in total. The number of unbranched alkanes of at least 4 members (excludes halogenated alkanes) is 1. The molecule has 2 N–H and O–H groups in total. The summed E-state index contributed by atoms with van der Waals surface area (Å²) in [5.41, 5.74) is 1.30. The van der Waals surface area contributed by atoms with Gasteiger partial charge in [-0.15, -0.1) is 11.3 Å². The third kappa shape index (κ3) is 7.08. The molecule has 0 radical (unpaired) electrons. The molecule has 0 bridgehead atoms. The fourth-order valence-electron chi connectivity index (χ4n) is 3.81. The maximum Gasteiger partial charge on any atom is 0.262 e. The normalized spacial score (nSPS) is 15.6. The molecule has 3 rings (SSSR count).